The van der Waals surface area contributed by atoms with E-state index in [0.717, 1.165) is 36.5 Å². The number of hydrogen-bond acceptors (Lipinski definition) is 3. The lowest BCUT2D eigenvalue weighted by atomic mass is 9.84. The van der Waals surface area contributed by atoms with E-state index < -0.39 is 0 Å². The molecule has 2 fully saturated rings. The summed E-state index contributed by atoms with van der Waals surface area (Å²) in [5, 5.41) is 3.64. The molecule has 0 unspecified atom stereocenters. The van der Waals surface area contributed by atoms with Crippen LogP contribution in [0.5, 0.6) is 0 Å². The summed E-state index contributed by atoms with van der Waals surface area (Å²) in [5.74, 6) is 0.786. The zero-order valence-electron chi connectivity index (χ0n) is 18.7. The van der Waals surface area contributed by atoms with E-state index in [4.69, 9.17) is 11.6 Å². The molecule has 1 heterocycles. The lowest BCUT2D eigenvalue weighted by Crippen LogP contribution is -2.50. The van der Waals surface area contributed by atoms with Gasteiger partial charge >= 0.3 is 0 Å². The molecular weight excluding hydrogens is 394 g/mol. The van der Waals surface area contributed by atoms with Crippen LogP contribution in [0.1, 0.15) is 57.4 Å². The van der Waals surface area contributed by atoms with Gasteiger partial charge in [-0.15, -0.1) is 0 Å². The van der Waals surface area contributed by atoms with Gasteiger partial charge in [0.25, 0.3) is 0 Å². The summed E-state index contributed by atoms with van der Waals surface area (Å²) in [4.78, 5) is 17.3. The summed E-state index contributed by atoms with van der Waals surface area (Å²) in [6.07, 6.45) is 12.5. The molecule has 2 atom stereocenters. The van der Waals surface area contributed by atoms with Gasteiger partial charge in [-0.1, -0.05) is 49.6 Å². The van der Waals surface area contributed by atoms with Crippen LogP contribution < -0.4 is 5.32 Å². The number of rotatable bonds is 8. The van der Waals surface area contributed by atoms with Crippen molar-refractivity contribution in [1.82, 2.24) is 15.1 Å². The summed E-state index contributed by atoms with van der Waals surface area (Å²) in [7, 11) is 2.36. The molecule has 1 saturated heterocycles. The van der Waals surface area contributed by atoms with Crippen LogP contribution in [0.25, 0.3) is 6.08 Å². The summed E-state index contributed by atoms with van der Waals surface area (Å²) in [6, 6.07) is 9.06. The Balaban J connectivity index is 1.30. The van der Waals surface area contributed by atoms with Crippen molar-refractivity contribution in [1.29, 1.82) is 0 Å². The van der Waals surface area contributed by atoms with Crippen LogP contribution in [-0.2, 0) is 4.79 Å². The molecule has 30 heavy (non-hydrogen) atoms. The molecule has 1 aliphatic heterocycles. The van der Waals surface area contributed by atoms with E-state index in [9.17, 15) is 4.79 Å². The summed E-state index contributed by atoms with van der Waals surface area (Å²) in [6.45, 7) is 6.57. The smallest absolute Gasteiger partial charge is 0.244 e. The van der Waals surface area contributed by atoms with Crippen molar-refractivity contribution in [2.45, 2.75) is 64.0 Å². The first kappa shape index (κ1) is 23.3. The Bertz CT molecular complexity index is 699. The molecule has 4 nitrogen and oxygen atoms in total. The van der Waals surface area contributed by atoms with Crippen molar-refractivity contribution in [3.8, 4) is 0 Å². The number of piperidine rings is 1. The maximum absolute atomic E-state index is 12.0. The number of carbonyl (C=O) groups excluding carboxylic acids is 1. The van der Waals surface area contributed by atoms with Gasteiger partial charge in [0, 0.05) is 29.7 Å². The van der Waals surface area contributed by atoms with Crippen molar-refractivity contribution in [3.05, 3.63) is 40.9 Å². The molecule has 1 aliphatic carbocycles. The number of nitrogens with zero attached hydrogens (tertiary/aromatic N) is 2. The second kappa shape index (κ2) is 11.9. The first-order valence-electron chi connectivity index (χ1n) is 11.7. The van der Waals surface area contributed by atoms with E-state index in [-0.39, 0.29) is 5.91 Å². The van der Waals surface area contributed by atoms with E-state index in [1.165, 1.54) is 51.6 Å². The van der Waals surface area contributed by atoms with Gasteiger partial charge in [-0.2, -0.15) is 0 Å². The molecule has 1 saturated carbocycles. The topological polar surface area (TPSA) is 35.6 Å². The van der Waals surface area contributed by atoms with Crippen molar-refractivity contribution < 1.29 is 4.79 Å². The normalized spacial score (nSPS) is 23.9. The highest BCUT2D eigenvalue weighted by atomic mass is 35.5. The molecule has 0 aromatic heterocycles. The molecule has 1 aromatic rings. The van der Waals surface area contributed by atoms with E-state index in [0.29, 0.717) is 11.6 Å². The van der Waals surface area contributed by atoms with Crippen molar-refractivity contribution in [2.24, 2.45) is 5.92 Å². The molecule has 0 spiro atoms. The summed E-state index contributed by atoms with van der Waals surface area (Å²) in [5.41, 5.74) is 0.866. The lowest BCUT2D eigenvalue weighted by Gasteiger charge is -2.44. The number of amides is 1. The Labute approximate surface area is 187 Å². The second-order valence-corrected chi connectivity index (χ2v) is 9.47. The zero-order valence-corrected chi connectivity index (χ0v) is 19.4. The van der Waals surface area contributed by atoms with Gasteiger partial charge < -0.3 is 15.1 Å². The van der Waals surface area contributed by atoms with Gasteiger partial charge in [0.2, 0.25) is 5.91 Å². The van der Waals surface area contributed by atoms with Gasteiger partial charge in [0.1, 0.15) is 0 Å². The minimum atomic E-state index is -0.0585. The quantitative estimate of drug-likeness (QED) is 0.472. The standard InChI is InChI=1S/C25H38ClN3O/c1-20-8-3-6-11-24(20)28(2)22-14-18-29(19-15-22)17-7-16-27-25(30)13-12-21-9-4-5-10-23(21)26/h4-5,9-10,12-13,20,22,24H,3,6-8,11,14-19H2,1-2H3,(H,27,30)/b13-12+/t20-,24-/m0/s1. The average Bonchev–Trinajstić information content (AvgIpc) is 2.76. The Morgan fingerprint density at radius 1 is 1.20 bits per heavy atom. The number of hydrogen-bond donors (Lipinski definition) is 1. The van der Waals surface area contributed by atoms with Gasteiger partial charge in [-0.3, -0.25) is 4.79 Å². The van der Waals surface area contributed by atoms with Crippen LogP contribution in [0.2, 0.25) is 5.02 Å². The Morgan fingerprint density at radius 2 is 1.93 bits per heavy atom. The van der Waals surface area contributed by atoms with Gasteiger partial charge in [-0.25, -0.2) is 0 Å². The van der Waals surface area contributed by atoms with Crippen LogP contribution in [0, 0.1) is 5.92 Å². The van der Waals surface area contributed by atoms with Gasteiger partial charge in [-0.05, 0) is 82.4 Å². The number of nitrogens with one attached hydrogen (secondary N) is 1. The third-order valence-electron chi connectivity index (χ3n) is 6.99. The van der Waals surface area contributed by atoms with Gasteiger partial charge in [0.15, 0.2) is 0 Å². The highest BCUT2D eigenvalue weighted by Crippen LogP contribution is 2.30. The van der Waals surface area contributed by atoms with Crippen molar-refractivity contribution in [3.63, 3.8) is 0 Å². The third kappa shape index (κ3) is 6.83. The maximum atomic E-state index is 12.0. The van der Waals surface area contributed by atoms with E-state index >= 15 is 0 Å². The molecular formula is C25H38ClN3O. The third-order valence-corrected chi connectivity index (χ3v) is 7.34. The first-order chi connectivity index (χ1) is 14.5. The van der Waals surface area contributed by atoms with Crippen LogP contribution in [0.15, 0.2) is 30.3 Å². The molecule has 1 aromatic carbocycles. The molecule has 2 aliphatic rings. The number of likely N-dealkylation sites (tertiary alicyclic amines) is 1. The lowest BCUT2D eigenvalue weighted by molar-refractivity contribution is -0.116. The number of benzene rings is 1. The molecule has 5 heteroatoms. The van der Waals surface area contributed by atoms with E-state index in [2.05, 4.69) is 29.1 Å². The molecule has 0 bridgehead atoms. The van der Waals surface area contributed by atoms with Crippen molar-refractivity contribution in [2.75, 3.05) is 33.2 Å². The molecule has 166 valence electrons. The molecule has 1 N–H and O–H groups in total. The molecule has 1 amide bonds. The Kier molecular flexibility index (Phi) is 9.23. The number of halogens is 1. The summed E-state index contributed by atoms with van der Waals surface area (Å²) >= 11 is 6.11. The van der Waals surface area contributed by atoms with Crippen LogP contribution in [0.4, 0.5) is 0 Å². The zero-order chi connectivity index (χ0) is 21.3. The minimum absolute atomic E-state index is 0.0585. The second-order valence-electron chi connectivity index (χ2n) is 9.07. The van der Waals surface area contributed by atoms with E-state index in [1.54, 1.807) is 12.2 Å². The summed E-state index contributed by atoms with van der Waals surface area (Å²) < 4.78 is 0. The largest absolute Gasteiger partial charge is 0.353 e. The fraction of sp³-hybridized carbons (Fsp3) is 0.640. The fourth-order valence-electron chi connectivity index (χ4n) is 5.07. The minimum Gasteiger partial charge on any atom is -0.353 e. The van der Waals surface area contributed by atoms with Crippen LogP contribution in [0.3, 0.4) is 0 Å². The van der Waals surface area contributed by atoms with Gasteiger partial charge in [0.05, 0.1) is 0 Å². The molecule has 0 radical (unpaired) electrons. The monoisotopic (exact) mass is 431 g/mol. The predicted molar refractivity (Wildman–Crippen MR) is 127 cm³/mol. The number of carbonyl (C=O) groups is 1. The highest BCUT2D eigenvalue weighted by Gasteiger charge is 2.31. The fourth-order valence-corrected chi connectivity index (χ4v) is 5.27. The Morgan fingerprint density at radius 3 is 2.67 bits per heavy atom. The van der Waals surface area contributed by atoms with Crippen LogP contribution >= 0.6 is 11.6 Å². The first-order valence-corrected chi connectivity index (χ1v) is 12.1. The SMILES string of the molecule is C[C@H]1CCCC[C@@H]1N(C)C1CCN(CCCNC(=O)/C=C/c2ccccc2Cl)CC1. The maximum Gasteiger partial charge on any atom is 0.244 e. The predicted octanol–water partition coefficient (Wildman–Crippen LogP) is 4.83. The Hall–Kier alpha value is -1.36. The van der Waals surface area contributed by atoms with Crippen molar-refractivity contribution >= 4 is 23.6 Å². The average molecular weight is 432 g/mol. The van der Waals surface area contributed by atoms with E-state index in [1.807, 2.05) is 24.3 Å². The van der Waals surface area contributed by atoms with Crippen LogP contribution in [-0.4, -0.2) is 61.0 Å². The molecule has 3 rings (SSSR count). The highest BCUT2D eigenvalue weighted by molar-refractivity contribution is 6.32.